The van der Waals surface area contributed by atoms with Gasteiger partial charge in [0.2, 0.25) is 10.0 Å². The summed E-state index contributed by atoms with van der Waals surface area (Å²) < 4.78 is 28.5. The number of rotatable bonds is 3. The van der Waals surface area contributed by atoms with E-state index >= 15 is 0 Å². The molecular weight excluding hydrogens is 294 g/mol. The second-order valence-corrected chi connectivity index (χ2v) is 6.74. The summed E-state index contributed by atoms with van der Waals surface area (Å²) >= 11 is 0. The second kappa shape index (κ2) is 4.98. The molecule has 0 bridgehead atoms. The van der Waals surface area contributed by atoms with Crippen LogP contribution in [0, 0.1) is 11.3 Å². The fraction of sp³-hybridized carbons (Fsp3) is 0.417. The average Bonchev–Trinajstić information content (AvgIpc) is 3.09. The molecule has 0 aliphatic carbocycles. The number of aromatic nitrogens is 3. The number of fused-ring (bicyclic) bond motifs is 1. The topological polar surface area (TPSA) is 100 Å². The quantitative estimate of drug-likeness (QED) is 0.782. The van der Waals surface area contributed by atoms with Gasteiger partial charge < -0.3 is 0 Å². The lowest BCUT2D eigenvalue weighted by Crippen LogP contribution is -2.28. The maximum atomic E-state index is 12.5. The third kappa shape index (κ3) is 2.22. The highest BCUT2D eigenvalue weighted by Gasteiger charge is 2.27. The van der Waals surface area contributed by atoms with E-state index in [2.05, 4.69) is 5.10 Å². The molecule has 2 aromatic heterocycles. The Morgan fingerprint density at radius 1 is 1.29 bits per heavy atom. The number of hydrogen-bond donors (Lipinski definition) is 0. The van der Waals surface area contributed by atoms with E-state index in [4.69, 9.17) is 5.26 Å². The van der Waals surface area contributed by atoms with Crippen molar-refractivity contribution in [3.05, 3.63) is 28.8 Å². The molecule has 1 aliphatic rings. The van der Waals surface area contributed by atoms with Crippen molar-refractivity contribution in [3.8, 4) is 6.07 Å². The fourth-order valence-electron chi connectivity index (χ4n) is 2.40. The largest absolute Gasteiger partial charge is 0.351 e. The summed E-state index contributed by atoms with van der Waals surface area (Å²) in [4.78, 5) is 12.1. The Morgan fingerprint density at radius 3 is 2.67 bits per heavy atom. The summed E-state index contributed by atoms with van der Waals surface area (Å²) in [6.45, 7) is 0.834. The van der Waals surface area contributed by atoms with Crippen molar-refractivity contribution >= 4 is 15.7 Å². The lowest BCUT2D eigenvalue weighted by molar-refractivity contribution is 0.477. The Balaban J connectivity index is 2.11. The lowest BCUT2D eigenvalue weighted by atomic mass is 10.4. The van der Waals surface area contributed by atoms with Crippen molar-refractivity contribution in [1.29, 1.82) is 5.26 Å². The molecule has 1 aliphatic heterocycles. The van der Waals surface area contributed by atoms with E-state index in [0.717, 1.165) is 21.9 Å². The van der Waals surface area contributed by atoms with Gasteiger partial charge in [0, 0.05) is 19.3 Å². The molecule has 0 amide bonds. The van der Waals surface area contributed by atoms with Crippen molar-refractivity contribution in [2.75, 3.05) is 13.1 Å². The normalized spacial score (nSPS) is 16.3. The molecule has 1 saturated heterocycles. The smallest absolute Gasteiger partial charge is 0.249 e. The molecule has 0 saturated carbocycles. The molecule has 9 heteroatoms. The zero-order valence-corrected chi connectivity index (χ0v) is 12.0. The molecule has 21 heavy (non-hydrogen) atoms. The minimum absolute atomic E-state index is 0.0653. The molecular formula is C12H13N5O3S. The van der Waals surface area contributed by atoms with Gasteiger partial charge in [-0.25, -0.2) is 17.6 Å². The minimum Gasteiger partial charge on any atom is -0.249 e. The van der Waals surface area contributed by atoms with Gasteiger partial charge >= 0.3 is 5.69 Å². The van der Waals surface area contributed by atoms with Crippen LogP contribution in [0.15, 0.2) is 28.0 Å². The highest BCUT2D eigenvalue weighted by atomic mass is 32.2. The Morgan fingerprint density at radius 2 is 2.00 bits per heavy atom. The van der Waals surface area contributed by atoms with Gasteiger partial charge in [0.1, 0.15) is 6.54 Å². The Labute approximate surface area is 120 Å². The van der Waals surface area contributed by atoms with Crippen LogP contribution < -0.4 is 5.69 Å². The second-order valence-electron chi connectivity index (χ2n) is 4.80. The van der Waals surface area contributed by atoms with Crippen molar-refractivity contribution < 1.29 is 8.42 Å². The molecule has 0 atom stereocenters. The van der Waals surface area contributed by atoms with E-state index in [9.17, 15) is 13.2 Å². The SMILES string of the molecule is N#CCn1nc2ccc(S(=O)(=O)N3CCCC3)cn2c1=O. The number of nitriles is 1. The third-order valence-corrected chi connectivity index (χ3v) is 5.36. The highest BCUT2D eigenvalue weighted by molar-refractivity contribution is 7.89. The average molecular weight is 307 g/mol. The summed E-state index contributed by atoms with van der Waals surface area (Å²) in [7, 11) is -3.58. The van der Waals surface area contributed by atoms with E-state index in [-0.39, 0.29) is 11.4 Å². The summed E-state index contributed by atoms with van der Waals surface area (Å²) in [5.74, 6) is 0. The molecule has 0 unspecified atom stereocenters. The molecule has 0 aromatic carbocycles. The summed E-state index contributed by atoms with van der Waals surface area (Å²) in [5, 5.41) is 12.6. The minimum atomic E-state index is -3.58. The lowest BCUT2D eigenvalue weighted by Gasteiger charge is -2.15. The van der Waals surface area contributed by atoms with Crippen LogP contribution in [-0.4, -0.2) is 40.0 Å². The Bertz CT molecular complexity index is 884. The zero-order chi connectivity index (χ0) is 15.0. The van der Waals surface area contributed by atoms with Crippen LogP contribution in [0.5, 0.6) is 0 Å². The van der Waals surface area contributed by atoms with Crippen molar-refractivity contribution in [3.63, 3.8) is 0 Å². The molecule has 0 radical (unpaired) electrons. The first-order valence-corrected chi connectivity index (χ1v) is 7.94. The number of sulfonamides is 1. The fourth-order valence-corrected chi connectivity index (χ4v) is 3.91. The molecule has 3 rings (SSSR count). The van der Waals surface area contributed by atoms with E-state index in [0.29, 0.717) is 18.7 Å². The van der Waals surface area contributed by atoms with Crippen LogP contribution in [-0.2, 0) is 16.6 Å². The zero-order valence-electron chi connectivity index (χ0n) is 11.1. The predicted molar refractivity (Wildman–Crippen MR) is 73.1 cm³/mol. The van der Waals surface area contributed by atoms with E-state index in [1.807, 2.05) is 6.07 Å². The Hall–Kier alpha value is -2.18. The molecule has 8 nitrogen and oxygen atoms in total. The Kier molecular flexibility index (Phi) is 3.27. The maximum absolute atomic E-state index is 12.5. The first kappa shape index (κ1) is 13.8. The van der Waals surface area contributed by atoms with Crippen LogP contribution in [0.1, 0.15) is 12.8 Å². The van der Waals surface area contributed by atoms with E-state index in [1.165, 1.54) is 22.6 Å². The summed E-state index contributed by atoms with van der Waals surface area (Å²) in [6.07, 6.45) is 2.97. The van der Waals surface area contributed by atoms with Gasteiger partial charge in [-0.2, -0.15) is 14.2 Å². The number of nitrogens with zero attached hydrogens (tertiary/aromatic N) is 5. The number of hydrogen-bond acceptors (Lipinski definition) is 5. The van der Waals surface area contributed by atoms with Crippen molar-refractivity contribution in [1.82, 2.24) is 18.5 Å². The standard InChI is InChI=1S/C12H13N5O3S/c13-5-8-17-12(18)16-9-10(3-4-11(16)14-17)21(19,20)15-6-1-2-7-15/h3-4,9H,1-2,6-8H2. The molecule has 3 heterocycles. The van der Waals surface area contributed by atoms with Crippen LogP contribution in [0.4, 0.5) is 0 Å². The monoisotopic (exact) mass is 307 g/mol. The van der Waals surface area contributed by atoms with Gasteiger partial charge in [0.15, 0.2) is 5.65 Å². The van der Waals surface area contributed by atoms with Gasteiger partial charge in [0.25, 0.3) is 0 Å². The van der Waals surface area contributed by atoms with Crippen LogP contribution in [0.25, 0.3) is 5.65 Å². The van der Waals surface area contributed by atoms with E-state index < -0.39 is 15.7 Å². The molecule has 2 aromatic rings. The van der Waals surface area contributed by atoms with Crippen LogP contribution >= 0.6 is 0 Å². The van der Waals surface area contributed by atoms with Crippen LogP contribution in [0.3, 0.4) is 0 Å². The van der Waals surface area contributed by atoms with Gasteiger partial charge in [-0.15, -0.1) is 5.10 Å². The molecule has 0 N–H and O–H groups in total. The first-order valence-electron chi connectivity index (χ1n) is 6.50. The van der Waals surface area contributed by atoms with Crippen molar-refractivity contribution in [2.45, 2.75) is 24.3 Å². The van der Waals surface area contributed by atoms with Gasteiger partial charge in [-0.1, -0.05) is 0 Å². The first-order chi connectivity index (χ1) is 10.0. The van der Waals surface area contributed by atoms with Gasteiger partial charge in [0.05, 0.1) is 11.0 Å². The highest BCUT2D eigenvalue weighted by Crippen LogP contribution is 2.20. The van der Waals surface area contributed by atoms with E-state index in [1.54, 1.807) is 0 Å². The maximum Gasteiger partial charge on any atom is 0.351 e. The van der Waals surface area contributed by atoms with Crippen LogP contribution in [0.2, 0.25) is 0 Å². The molecule has 0 spiro atoms. The number of pyridine rings is 1. The van der Waals surface area contributed by atoms with Crippen molar-refractivity contribution in [2.24, 2.45) is 0 Å². The summed E-state index contributed by atoms with van der Waals surface area (Å²) in [6, 6.07) is 4.74. The van der Waals surface area contributed by atoms with Gasteiger partial charge in [-0.3, -0.25) is 0 Å². The predicted octanol–water partition coefficient (Wildman–Crippen LogP) is -0.196. The molecule has 1 fully saturated rings. The summed E-state index contributed by atoms with van der Waals surface area (Å²) in [5.41, 5.74) is -0.208. The molecule has 110 valence electrons. The third-order valence-electron chi connectivity index (χ3n) is 3.47. The van der Waals surface area contributed by atoms with Gasteiger partial charge in [-0.05, 0) is 25.0 Å².